The first-order valence-electron chi connectivity index (χ1n) is 5.87. The van der Waals surface area contributed by atoms with Gasteiger partial charge in [-0.3, -0.25) is 4.79 Å². The van der Waals surface area contributed by atoms with Gasteiger partial charge in [0.1, 0.15) is 11.1 Å². The molecule has 1 unspecified atom stereocenters. The fourth-order valence-electron chi connectivity index (χ4n) is 1.96. The maximum Gasteiger partial charge on any atom is 0.226 e. The van der Waals surface area contributed by atoms with Gasteiger partial charge in [0.15, 0.2) is 0 Å². The summed E-state index contributed by atoms with van der Waals surface area (Å²) in [7, 11) is 0. The number of carbonyl (C=O) groups is 1. The Bertz CT molecular complexity index is 466. The summed E-state index contributed by atoms with van der Waals surface area (Å²) in [5.74, 6) is -0.0876. The van der Waals surface area contributed by atoms with Crippen LogP contribution in [0, 0.1) is 11.3 Å². The van der Waals surface area contributed by atoms with Gasteiger partial charge in [-0.25, -0.2) is 0 Å². The van der Waals surface area contributed by atoms with E-state index in [1.165, 1.54) is 11.3 Å². The zero-order valence-corrected chi connectivity index (χ0v) is 10.7. The van der Waals surface area contributed by atoms with Gasteiger partial charge < -0.3 is 15.3 Å². The number of β-amino-alcohol motifs (C(OH)–C–C–N with tert-alkyl or cyclic N) is 1. The molecule has 0 aromatic carbocycles. The molecule has 0 spiro atoms. The van der Waals surface area contributed by atoms with Crippen molar-refractivity contribution < 1.29 is 9.90 Å². The number of aliphatic hydroxyl groups is 1. The van der Waals surface area contributed by atoms with Crippen molar-refractivity contribution in [3.05, 3.63) is 17.0 Å². The Labute approximate surface area is 110 Å². The smallest absolute Gasteiger partial charge is 0.226 e. The highest BCUT2D eigenvalue weighted by molar-refractivity contribution is 7.14. The van der Waals surface area contributed by atoms with Gasteiger partial charge >= 0.3 is 0 Å². The summed E-state index contributed by atoms with van der Waals surface area (Å²) < 4.78 is 0. The quantitative estimate of drug-likeness (QED) is 0.852. The van der Waals surface area contributed by atoms with Crippen LogP contribution in [0.15, 0.2) is 11.4 Å². The number of thiophene rings is 1. The van der Waals surface area contributed by atoms with Crippen LogP contribution in [0.2, 0.25) is 0 Å². The molecule has 1 aliphatic heterocycles. The summed E-state index contributed by atoms with van der Waals surface area (Å²) in [6, 6.07) is 3.73. The molecule has 0 saturated carbocycles. The van der Waals surface area contributed by atoms with Gasteiger partial charge in [-0.2, -0.15) is 5.26 Å². The predicted octanol–water partition coefficient (Wildman–Crippen LogP) is 1.01. The molecule has 6 heteroatoms. The second kappa shape index (κ2) is 5.96. The molecule has 5 nitrogen and oxygen atoms in total. The first kappa shape index (κ1) is 13.0. The summed E-state index contributed by atoms with van der Waals surface area (Å²) in [5, 5.41) is 23.3. The predicted molar refractivity (Wildman–Crippen MR) is 69.3 cm³/mol. The standard InChI is InChI=1S/C12H15N3O2S/c13-7-9-3-6-18-12(9)14-11(17)2-5-15-4-1-10(16)8-15/h3,6,10,16H,1-2,4-5,8H2,(H,14,17). The van der Waals surface area contributed by atoms with E-state index in [4.69, 9.17) is 5.26 Å². The van der Waals surface area contributed by atoms with Crippen molar-refractivity contribution in [3.8, 4) is 6.07 Å². The Balaban J connectivity index is 1.77. The van der Waals surface area contributed by atoms with Crippen LogP contribution in [0.1, 0.15) is 18.4 Å². The number of nitrogens with zero attached hydrogens (tertiary/aromatic N) is 2. The average Bonchev–Trinajstić information content (AvgIpc) is 2.95. The largest absolute Gasteiger partial charge is 0.392 e. The molecule has 1 aliphatic rings. The van der Waals surface area contributed by atoms with E-state index < -0.39 is 0 Å². The second-order valence-corrected chi connectivity index (χ2v) is 5.23. The van der Waals surface area contributed by atoms with Gasteiger partial charge in [0.2, 0.25) is 5.91 Å². The summed E-state index contributed by atoms with van der Waals surface area (Å²) in [6.45, 7) is 2.14. The van der Waals surface area contributed by atoms with E-state index in [0.717, 1.165) is 13.0 Å². The van der Waals surface area contributed by atoms with Crippen LogP contribution in [0.5, 0.6) is 0 Å². The lowest BCUT2D eigenvalue weighted by molar-refractivity contribution is -0.116. The number of carbonyl (C=O) groups excluding carboxylic acids is 1. The van der Waals surface area contributed by atoms with Crippen LogP contribution in [0.4, 0.5) is 5.00 Å². The molecular formula is C12H15N3O2S. The van der Waals surface area contributed by atoms with Crippen molar-refractivity contribution in [3.63, 3.8) is 0 Å². The first-order chi connectivity index (χ1) is 8.69. The van der Waals surface area contributed by atoms with Crippen LogP contribution in [0.3, 0.4) is 0 Å². The van der Waals surface area contributed by atoms with Crippen molar-refractivity contribution in [1.29, 1.82) is 5.26 Å². The van der Waals surface area contributed by atoms with Gasteiger partial charge in [-0.1, -0.05) is 0 Å². The molecule has 1 aromatic rings. The van der Waals surface area contributed by atoms with Crippen LogP contribution in [-0.4, -0.2) is 41.7 Å². The molecular weight excluding hydrogens is 250 g/mol. The Morgan fingerprint density at radius 3 is 3.22 bits per heavy atom. The van der Waals surface area contributed by atoms with E-state index in [0.29, 0.717) is 30.1 Å². The highest BCUT2D eigenvalue weighted by Crippen LogP contribution is 2.22. The molecule has 18 heavy (non-hydrogen) atoms. The van der Waals surface area contributed by atoms with Gasteiger partial charge in [0.25, 0.3) is 0 Å². The topological polar surface area (TPSA) is 76.4 Å². The zero-order chi connectivity index (χ0) is 13.0. The third kappa shape index (κ3) is 3.29. The van der Waals surface area contributed by atoms with Crippen LogP contribution in [0.25, 0.3) is 0 Å². The Morgan fingerprint density at radius 1 is 1.72 bits per heavy atom. The highest BCUT2D eigenvalue weighted by Gasteiger charge is 2.20. The monoisotopic (exact) mass is 265 g/mol. The lowest BCUT2D eigenvalue weighted by Gasteiger charge is -2.13. The van der Waals surface area contributed by atoms with Gasteiger partial charge in [0, 0.05) is 26.1 Å². The fourth-order valence-corrected chi connectivity index (χ4v) is 2.71. The maximum atomic E-state index is 11.7. The van der Waals surface area contributed by atoms with E-state index in [1.807, 2.05) is 6.07 Å². The van der Waals surface area contributed by atoms with E-state index >= 15 is 0 Å². The number of hydrogen-bond donors (Lipinski definition) is 2. The molecule has 1 amide bonds. The van der Waals surface area contributed by atoms with E-state index in [-0.39, 0.29) is 12.0 Å². The van der Waals surface area contributed by atoms with Crippen LogP contribution in [-0.2, 0) is 4.79 Å². The molecule has 0 bridgehead atoms. The lowest BCUT2D eigenvalue weighted by atomic mass is 10.3. The lowest BCUT2D eigenvalue weighted by Crippen LogP contribution is -2.26. The molecule has 1 atom stereocenters. The third-order valence-electron chi connectivity index (χ3n) is 2.94. The van der Waals surface area contributed by atoms with Crippen molar-refractivity contribution >= 4 is 22.2 Å². The molecule has 1 fully saturated rings. The van der Waals surface area contributed by atoms with Crippen molar-refractivity contribution in [1.82, 2.24) is 4.90 Å². The molecule has 2 N–H and O–H groups in total. The number of amides is 1. The fraction of sp³-hybridized carbons (Fsp3) is 0.500. The number of anilines is 1. The van der Waals surface area contributed by atoms with Crippen molar-refractivity contribution in [2.45, 2.75) is 18.9 Å². The Hall–Kier alpha value is -1.42. The summed E-state index contributed by atoms with van der Waals surface area (Å²) in [6.07, 6.45) is 0.913. The molecule has 0 radical (unpaired) electrons. The van der Waals surface area contributed by atoms with Gasteiger partial charge in [-0.15, -0.1) is 11.3 Å². The Kier molecular flexibility index (Phi) is 4.31. The van der Waals surface area contributed by atoms with E-state index in [2.05, 4.69) is 10.2 Å². The highest BCUT2D eigenvalue weighted by atomic mass is 32.1. The van der Waals surface area contributed by atoms with Gasteiger partial charge in [-0.05, 0) is 17.9 Å². The molecule has 1 aromatic heterocycles. The van der Waals surface area contributed by atoms with Crippen LogP contribution >= 0.6 is 11.3 Å². The number of nitrogens with one attached hydrogen (secondary N) is 1. The SMILES string of the molecule is N#Cc1ccsc1NC(=O)CCN1CCC(O)C1. The number of nitriles is 1. The van der Waals surface area contributed by atoms with Crippen molar-refractivity contribution in [2.24, 2.45) is 0 Å². The molecule has 2 heterocycles. The minimum atomic E-state index is -0.254. The first-order valence-corrected chi connectivity index (χ1v) is 6.75. The van der Waals surface area contributed by atoms with Gasteiger partial charge in [0.05, 0.1) is 11.7 Å². The third-order valence-corrected chi connectivity index (χ3v) is 3.77. The number of rotatable bonds is 4. The van der Waals surface area contributed by atoms with Crippen molar-refractivity contribution in [2.75, 3.05) is 25.0 Å². The minimum absolute atomic E-state index is 0.0876. The summed E-state index contributed by atoms with van der Waals surface area (Å²) in [4.78, 5) is 13.8. The molecule has 0 aliphatic carbocycles. The normalized spacial score (nSPS) is 19.7. The molecule has 1 saturated heterocycles. The summed E-state index contributed by atoms with van der Waals surface area (Å²) >= 11 is 1.35. The molecule has 2 rings (SSSR count). The molecule has 96 valence electrons. The van der Waals surface area contributed by atoms with Crippen LogP contribution < -0.4 is 5.32 Å². The minimum Gasteiger partial charge on any atom is -0.392 e. The van der Waals surface area contributed by atoms with E-state index in [9.17, 15) is 9.90 Å². The second-order valence-electron chi connectivity index (χ2n) is 4.32. The summed E-state index contributed by atoms with van der Waals surface area (Å²) in [5.41, 5.74) is 0.505. The number of aliphatic hydroxyl groups excluding tert-OH is 1. The zero-order valence-electron chi connectivity index (χ0n) is 9.93. The average molecular weight is 265 g/mol. The number of hydrogen-bond acceptors (Lipinski definition) is 5. The van der Waals surface area contributed by atoms with E-state index in [1.54, 1.807) is 11.4 Å². The Morgan fingerprint density at radius 2 is 2.56 bits per heavy atom. The number of likely N-dealkylation sites (tertiary alicyclic amines) is 1. The maximum absolute atomic E-state index is 11.7.